The Labute approximate surface area is 108 Å². The Kier molecular flexibility index (Phi) is 3.71. The number of carboxylic acid groups (broad SMARTS) is 1. The van der Waals surface area contributed by atoms with Crippen molar-refractivity contribution >= 4 is 5.97 Å². The summed E-state index contributed by atoms with van der Waals surface area (Å²) in [7, 11) is 0. The molecule has 3 heteroatoms. The van der Waals surface area contributed by atoms with Crippen molar-refractivity contribution in [3.05, 3.63) is 35.4 Å². The first-order valence-corrected chi connectivity index (χ1v) is 6.57. The van der Waals surface area contributed by atoms with Crippen LogP contribution in [0.15, 0.2) is 24.3 Å². The van der Waals surface area contributed by atoms with Crippen molar-refractivity contribution in [2.45, 2.75) is 38.6 Å². The van der Waals surface area contributed by atoms with E-state index >= 15 is 0 Å². The Hall–Kier alpha value is -1.35. The molecule has 1 aliphatic rings. The fourth-order valence-corrected chi connectivity index (χ4v) is 2.71. The van der Waals surface area contributed by atoms with Crippen LogP contribution in [0.1, 0.15) is 30.9 Å². The van der Waals surface area contributed by atoms with E-state index in [0.717, 1.165) is 31.5 Å². The lowest BCUT2D eigenvalue weighted by molar-refractivity contribution is -0.149. The highest BCUT2D eigenvalue weighted by atomic mass is 16.4. The molecular weight excluding hydrogens is 226 g/mol. The van der Waals surface area contributed by atoms with Crippen LogP contribution in [0.3, 0.4) is 0 Å². The summed E-state index contributed by atoms with van der Waals surface area (Å²) in [6.45, 7) is 5.69. The van der Waals surface area contributed by atoms with E-state index in [1.165, 1.54) is 5.56 Å². The highest BCUT2D eigenvalue weighted by Gasteiger charge is 2.40. The molecule has 1 atom stereocenters. The first kappa shape index (κ1) is 13.1. The second-order valence-corrected chi connectivity index (χ2v) is 5.38. The molecule has 1 saturated heterocycles. The number of aliphatic carboxylic acids is 1. The lowest BCUT2D eigenvalue weighted by atomic mass is 9.89. The molecule has 1 heterocycles. The van der Waals surface area contributed by atoms with Crippen LogP contribution >= 0.6 is 0 Å². The van der Waals surface area contributed by atoms with Crippen molar-refractivity contribution in [3.63, 3.8) is 0 Å². The number of hydrogen-bond acceptors (Lipinski definition) is 2. The largest absolute Gasteiger partial charge is 0.480 e. The van der Waals surface area contributed by atoms with Crippen molar-refractivity contribution in [1.82, 2.24) is 4.90 Å². The van der Waals surface area contributed by atoms with E-state index in [9.17, 15) is 9.90 Å². The first-order valence-electron chi connectivity index (χ1n) is 6.57. The average Bonchev–Trinajstić information content (AvgIpc) is 2.86. The third-order valence-electron chi connectivity index (χ3n) is 4.06. The van der Waals surface area contributed by atoms with Crippen molar-refractivity contribution in [1.29, 1.82) is 0 Å². The molecule has 0 aromatic heterocycles. The summed E-state index contributed by atoms with van der Waals surface area (Å²) >= 11 is 0. The molecule has 1 aliphatic heterocycles. The summed E-state index contributed by atoms with van der Waals surface area (Å²) in [5.41, 5.74) is 1.53. The van der Waals surface area contributed by atoms with E-state index in [1.54, 1.807) is 0 Å². The summed E-state index contributed by atoms with van der Waals surface area (Å²) in [6, 6.07) is 8.05. The van der Waals surface area contributed by atoms with Gasteiger partial charge in [0.2, 0.25) is 0 Å². The maximum Gasteiger partial charge on any atom is 0.324 e. The number of hydrogen-bond donors (Lipinski definition) is 1. The number of likely N-dealkylation sites (tertiary alicyclic amines) is 1. The number of carbonyl (C=O) groups is 1. The predicted molar refractivity (Wildman–Crippen MR) is 71.7 cm³/mol. The number of aryl methyl sites for hydroxylation is 1. The quantitative estimate of drug-likeness (QED) is 0.888. The van der Waals surface area contributed by atoms with Gasteiger partial charge in [-0.25, -0.2) is 0 Å². The number of rotatable bonds is 4. The smallest absolute Gasteiger partial charge is 0.324 e. The summed E-state index contributed by atoms with van der Waals surface area (Å²) in [5, 5.41) is 9.60. The minimum Gasteiger partial charge on any atom is -0.480 e. The molecule has 0 aliphatic carbocycles. The van der Waals surface area contributed by atoms with Crippen LogP contribution < -0.4 is 0 Å². The highest BCUT2D eigenvalue weighted by molar-refractivity contribution is 5.79. The number of nitrogens with zero attached hydrogens (tertiary/aromatic N) is 1. The molecule has 98 valence electrons. The van der Waals surface area contributed by atoms with Crippen molar-refractivity contribution in [2.75, 3.05) is 13.1 Å². The van der Waals surface area contributed by atoms with Crippen LogP contribution in [0.2, 0.25) is 0 Å². The Bertz CT molecular complexity index is 438. The van der Waals surface area contributed by atoms with Crippen LogP contribution in [0.25, 0.3) is 0 Å². The second kappa shape index (κ2) is 5.11. The van der Waals surface area contributed by atoms with Gasteiger partial charge >= 0.3 is 5.97 Å². The van der Waals surface area contributed by atoms with E-state index in [-0.39, 0.29) is 0 Å². The number of benzene rings is 1. The molecule has 1 unspecified atom stereocenters. The second-order valence-electron chi connectivity index (χ2n) is 5.38. The highest BCUT2D eigenvalue weighted by Crippen LogP contribution is 2.27. The first-order chi connectivity index (χ1) is 8.54. The molecule has 0 radical (unpaired) electrons. The zero-order chi connectivity index (χ0) is 13.2. The van der Waals surface area contributed by atoms with Gasteiger partial charge in [0.05, 0.1) is 0 Å². The van der Waals surface area contributed by atoms with Gasteiger partial charge in [0, 0.05) is 6.42 Å². The molecule has 1 aromatic carbocycles. The molecule has 1 fully saturated rings. The third-order valence-corrected chi connectivity index (χ3v) is 4.06. The van der Waals surface area contributed by atoms with Gasteiger partial charge in [-0.05, 0) is 50.9 Å². The van der Waals surface area contributed by atoms with E-state index in [0.29, 0.717) is 6.42 Å². The van der Waals surface area contributed by atoms with Crippen LogP contribution in [0, 0.1) is 6.92 Å². The maximum absolute atomic E-state index is 11.7. The van der Waals surface area contributed by atoms with Crippen molar-refractivity contribution in [2.24, 2.45) is 0 Å². The van der Waals surface area contributed by atoms with E-state index in [4.69, 9.17) is 0 Å². The zero-order valence-corrected chi connectivity index (χ0v) is 11.1. The predicted octanol–water partition coefficient (Wildman–Crippen LogP) is 2.48. The van der Waals surface area contributed by atoms with Gasteiger partial charge in [-0.2, -0.15) is 0 Å². The molecule has 0 spiro atoms. The van der Waals surface area contributed by atoms with Gasteiger partial charge in [0.1, 0.15) is 5.54 Å². The molecule has 18 heavy (non-hydrogen) atoms. The maximum atomic E-state index is 11.7. The molecular formula is C15H21NO2. The summed E-state index contributed by atoms with van der Waals surface area (Å²) < 4.78 is 0. The van der Waals surface area contributed by atoms with Gasteiger partial charge in [0.15, 0.2) is 0 Å². The molecule has 0 bridgehead atoms. The standard InChI is InChI=1S/C15H21NO2/c1-12-7-3-4-8-13(12)11-15(2,14(17)18)16-9-5-6-10-16/h3-4,7-8H,5-6,9-11H2,1-2H3,(H,17,18). The van der Waals surface area contributed by atoms with E-state index < -0.39 is 11.5 Å². The minimum atomic E-state index is -0.775. The Morgan fingerprint density at radius 2 is 1.94 bits per heavy atom. The van der Waals surface area contributed by atoms with Crippen LogP contribution in [0.5, 0.6) is 0 Å². The fraction of sp³-hybridized carbons (Fsp3) is 0.533. The lowest BCUT2D eigenvalue weighted by Gasteiger charge is -2.35. The van der Waals surface area contributed by atoms with Crippen molar-refractivity contribution < 1.29 is 9.90 Å². The Balaban J connectivity index is 2.26. The molecule has 0 amide bonds. The SMILES string of the molecule is Cc1ccccc1CC(C)(C(=O)O)N1CCCC1. The van der Waals surface area contributed by atoms with Gasteiger partial charge in [-0.15, -0.1) is 0 Å². The molecule has 2 rings (SSSR count). The summed E-state index contributed by atoms with van der Waals surface area (Å²) in [6.07, 6.45) is 2.79. The van der Waals surface area contributed by atoms with Gasteiger partial charge in [-0.3, -0.25) is 9.69 Å². The summed E-state index contributed by atoms with van der Waals surface area (Å²) in [5.74, 6) is -0.715. The van der Waals surface area contributed by atoms with E-state index in [2.05, 4.69) is 4.90 Å². The fourth-order valence-electron chi connectivity index (χ4n) is 2.71. The minimum absolute atomic E-state index is 0.578. The topological polar surface area (TPSA) is 40.5 Å². The molecule has 1 aromatic rings. The zero-order valence-electron chi connectivity index (χ0n) is 11.1. The van der Waals surface area contributed by atoms with Crippen LogP contribution in [-0.2, 0) is 11.2 Å². The van der Waals surface area contributed by atoms with Crippen molar-refractivity contribution in [3.8, 4) is 0 Å². The Morgan fingerprint density at radius 1 is 1.33 bits per heavy atom. The van der Waals surface area contributed by atoms with Gasteiger partial charge in [-0.1, -0.05) is 24.3 Å². The molecule has 3 nitrogen and oxygen atoms in total. The molecule has 0 saturated carbocycles. The van der Waals surface area contributed by atoms with Gasteiger partial charge < -0.3 is 5.11 Å². The normalized spacial score (nSPS) is 19.7. The molecule has 1 N–H and O–H groups in total. The monoisotopic (exact) mass is 247 g/mol. The average molecular weight is 247 g/mol. The van der Waals surface area contributed by atoms with Crippen LogP contribution in [-0.4, -0.2) is 34.6 Å². The van der Waals surface area contributed by atoms with Gasteiger partial charge in [0.25, 0.3) is 0 Å². The lowest BCUT2D eigenvalue weighted by Crippen LogP contribution is -2.52. The third kappa shape index (κ3) is 2.41. The number of carboxylic acids is 1. The van der Waals surface area contributed by atoms with E-state index in [1.807, 2.05) is 38.1 Å². The Morgan fingerprint density at radius 3 is 2.50 bits per heavy atom. The van der Waals surface area contributed by atoms with Crippen LogP contribution in [0.4, 0.5) is 0 Å². The summed E-state index contributed by atoms with van der Waals surface area (Å²) in [4.78, 5) is 13.8.